The molecule has 0 radical (unpaired) electrons. The third-order valence-corrected chi connectivity index (χ3v) is 4.07. The van der Waals surface area contributed by atoms with Gasteiger partial charge in [-0.25, -0.2) is 14.4 Å². The van der Waals surface area contributed by atoms with Gasteiger partial charge in [-0.1, -0.05) is 0 Å². The van der Waals surface area contributed by atoms with Crippen LogP contribution in [-0.2, 0) is 13.8 Å². The van der Waals surface area contributed by atoms with Gasteiger partial charge >= 0.3 is 13.5 Å². The maximum atomic E-state index is 12.1. The number of imidazole rings is 1. The maximum Gasteiger partial charge on any atom is 0.469 e. The van der Waals surface area contributed by atoms with Crippen LogP contribution in [0.3, 0.4) is 0 Å². The van der Waals surface area contributed by atoms with Crippen LogP contribution in [0.2, 0.25) is 0 Å². The van der Waals surface area contributed by atoms with E-state index in [-0.39, 0.29) is 18.9 Å². The highest BCUT2D eigenvalue weighted by Gasteiger charge is 2.39. The Balaban J connectivity index is 1.81. The molecule has 1 saturated heterocycles. The second kappa shape index (κ2) is 5.74. The maximum absolute atomic E-state index is 12.1. The molecule has 0 amide bonds. The third kappa shape index (κ3) is 3.17. The number of hydrogen-bond donors (Lipinski definition) is 6. The number of aromatic amines is 1. The zero-order valence-corrected chi connectivity index (χ0v) is 12.6. The van der Waals surface area contributed by atoms with Gasteiger partial charge in [0.1, 0.15) is 36.3 Å². The number of ether oxygens (including phenoxy) is 1. The molecule has 3 atom stereocenters. The molecule has 0 aromatic carbocycles. The minimum atomic E-state index is -4.67. The van der Waals surface area contributed by atoms with Crippen molar-refractivity contribution < 1.29 is 28.7 Å². The number of aliphatic imine (C=N–C) groups is 1. The lowest BCUT2D eigenvalue weighted by Gasteiger charge is -2.19. The molecule has 23 heavy (non-hydrogen) atoms. The van der Waals surface area contributed by atoms with Crippen molar-refractivity contribution in [1.29, 1.82) is 0 Å². The van der Waals surface area contributed by atoms with E-state index in [0.717, 1.165) is 0 Å². The summed E-state index contributed by atoms with van der Waals surface area (Å²) >= 11 is 0. The summed E-state index contributed by atoms with van der Waals surface area (Å²) in [5.41, 5.74) is 5.53. The first kappa shape index (κ1) is 16.2. The van der Waals surface area contributed by atoms with Crippen LogP contribution in [-0.4, -0.2) is 55.8 Å². The summed E-state index contributed by atoms with van der Waals surface area (Å²) in [5, 5.41) is 12.8. The van der Waals surface area contributed by atoms with Crippen molar-refractivity contribution in [3.05, 3.63) is 16.2 Å². The van der Waals surface area contributed by atoms with E-state index >= 15 is 0 Å². The van der Waals surface area contributed by atoms with Gasteiger partial charge in [0.25, 0.3) is 0 Å². The molecule has 7 N–H and O–H groups in total. The first-order valence-electron chi connectivity index (χ1n) is 6.68. The van der Waals surface area contributed by atoms with Crippen molar-refractivity contribution in [2.45, 2.75) is 24.9 Å². The fourth-order valence-electron chi connectivity index (χ4n) is 2.55. The topological polar surface area (TPSA) is 184 Å². The Bertz CT molecular complexity index is 736. The van der Waals surface area contributed by atoms with Crippen molar-refractivity contribution in [2.75, 3.05) is 18.6 Å². The lowest BCUT2D eigenvalue weighted by Crippen LogP contribution is -2.27. The third-order valence-electron chi connectivity index (χ3n) is 3.58. The Morgan fingerprint density at radius 3 is 2.96 bits per heavy atom. The number of rotatable bonds is 4. The number of phosphoric ester groups is 1. The second-order valence-electron chi connectivity index (χ2n) is 5.12. The smallest absolute Gasteiger partial charge is 0.390 e. The number of anilines is 1. The van der Waals surface area contributed by atoms with Gasteiger partial charge < -0.3 is 35.7 Å². The Labute approximate surface area is 129 Å². The molecule has 0 unspecified atom stereocenters. The first-order valence-corrected chi connectivity index (χ1v) is 8.21. The van der Waals surface area contributed by atoms with Crippen LogP contribution in [0.5, 0.6) is 0 Å². The molecule has 128 valence electrons. The average molecular weight is 349 g/mol. The van der Waals surface area contributed by atoms with E-state index in [1.54, 1.807) is 0 Å². The molecule has 3 heterocycles. The highest BCUT2D eigenvalue weighted by Crippen LogP contribution is 2.38. The number of H-pyrrole nitrogens is 1. The number of fused-ring (bicyclic) bond motifs is 1. The van der Waals surface area contributed by atoms with Gasteiger partial charge in [-0.15, -0.1) is 0 Å². The highest BCUT2D eigenvalue weighted by atomic mass is 31.2. The molecule has 0 spiro atoms. The van der Waals surface area contributed by atoms with E-state index in [2.05, 4.69) is 19.8 Å². The predicted molar refractivity (Wildman–Crippen MR) is 76.8 cm³/mol. The van der Waals surface area contributed by atoms with Gasteiger partial charge in [-0.2, -0.15) is 0 Å². The minimum Gasteiger partial charge on any atom is -0.390 e. The molecule has 1 aromatic rings. The number of amidine groups is 1. The van der Waals surface area contributed by atoms with Crippen LogP contribution < -0.4 is 16.7 Å². The minimum absolute atomic E-state index is 0.0537. The number of nitrogens with two attached hydrogens (primary N) is 1. The van der Waals surface area contributed by atoms with Gasteiger partial charge in [-0.3, -0.25) is 9.09 Å². The van der Waals surface area contributed by atoms with Crippen LogP contribution in [0.1, 0.15) is 18.3 Å². The van der Waals surface area contributed by atoms with E-state index in [9.17, 15) is 14.5 Å². The van der Waals surface area contributed by atoms with Crippen LogP contribution in [0.15, 0.2) is 9.79 Å². The molecule has 0 aliphatic carbocycles. The summed E-state index contributed by atoms with van der Waals surface area (Å²) in [5.74, 6) is 0.561. The summed E-state index contributed by atoms with van der Waals surface area (Å²) in [6.07, 6.45) is -2.79. The van der Waals surface area contributed by atoms with Crippen molar-refractivity contribution >= 4 is 19.5 Å². The first-order chi connectivity index (χ1) is 10.8. The summed E-state index contributed by atoms with van der Waals surface area (Å²) < 4.78 is 21.8. The second-order valence-corrected chi connectivity index (χ2v) is 6.36. The number of nitrogens with one attached hydrogen (secondary N) is 2. The largest absolute Gasteiger partial charge is 0.469 e. The van der Waals surface area contributed by atoms with Crippen molar-refractivity contribution in [1.82, 2.24) is 9.55 Å². The Hall–Kier alpha value is -1.69. The van der Waals surface area contributed by atoms with Crippen LogP contribution in [0.25, 0.3) is 0 Å². The number of aliphatic hydroxyl groups excluding tert-OH is 1. The van der Waals surface area contributed by atoms with Crippen molar-refractivity contribution in [3.63, 3.8) is 0 Å². The Morgan fingerprint density at radius 1 is 1.52 bits per heavy atom. The molecule has 1 fully saturated rings. The van der Waals surface area contributed by atoms with E-state index in [4.69, 9.17) is 20.3 Å². The Morgan fingerprint density at radius 2 is 2.26 bits per heavy atom. The van der Waals surface area contributed by atoms with E-state index in [0.29, 0.717) is 11.5 Å². The van der Waals surface area contributed by atoms with Crippen molar-refractivity contribution in [3.8, 4) is 0 Å². The summed E-state index contributed by atoms with van der Waals surface area (Å²) in [7, 11) is -4.67. The Kier molecular flexibility index (Phi) is 4.04. The molecule has 1 aromatic heterocycles. The molecule has 2 aliphatic heterocycles. The number of aromatic nitrogens is 2. The standard InChI is InChI=1S/C10H16N5O7P/c11-8-7-9(13-3-12-8)15(10(17)14-7)6-1-4(16)5(22-6)2-21-23(18,19)20/h4-6,13,16H,1-3H2,(H2,11,12)(H,14,17)(H2,18,19,20)/t4-,5+,6+/m0/s1. The fourth-order valence-corrected chi connectivity index (χ4v) is 2.90. The van der Waals surface area contributed by atoms with Crippen molar-refractivity contribution in [2.24, 2.45) is 10.7 Å². The summed E-state index contributed by atoms with van der Waals surface area (Å²) in [6, 6.07) is 0. The van der Waals surface area contributed by atoms with Gasteiger partial charge in [0.2, 0.25) is 0 Å². The summed E-state index contributed by atoms with van der Waals surface area (Å²) in [4.78, 5) is 36.0. The van der Waals surface area contributed by atoms with E-state index < -0.39 is 38.6 Å². The quantitative estimate of drug-likeness (QED) is 0.335. The average Bonchev–Trinajstić information content (AvgIpc) is 2.96. The van der Waals surface area contributed by atoms with Gasteiger partial charge in [0, 0.05) is 6.42 Å². The molecule has 0 bridgehead atoms. The number of nitrogens with zero attached hydrogens (tertiary/aromatic N) is 2. The van der Waals surface area contributed by atoms with E-state index in [1.807, 2.05) is 0 Å². The summed E-state index contributed by atoms with van der Waals surface area (Å²) in [6.45, 7) is -0.309. The normalized spacial score (nSPS) is 27.4. The lowest BCUT2D eigenvalue weighted by atomic mass is 10.2. The molecule has 12 nitrogen and oxygen atoms in total. The fraction of sp³-hybridized carbons (Fsp3) is 0.600. The SMILES string of the molecule is NC1=NCNc2c1[nH]c(=O)n2[C@H]1C[C@H](O)[C@@H](COP(=O)(O)O)O1. The molecule has 2 aliphatic rings. The van der Waals surface area contributed by atoms with Gasteiger partial charge in [0.15, 0.2) is 0 Å². The van der Waals surface area contributed by atoms with Gasteiger partial charge in [-0.05, 0) is 0 Å². The van der Waals surface area contributed by atoms with Crippen LogP contribution >= 0.6 is 7.82 Å². The monoisotopic (exact) mass is 349 g/mol. The molecule has 13 heteroatoms. The molecular weight excluding hydrogens is 333 g/mol. The highest BCUT2D eigenvalue weighted by molar-refractivity contribution is 7.46. The predicted octanol–water partition coefficient (Wildman–Crippen LogP) is -1.98. The molecule has 3 rings (SSSR count). The number of phosphoric acid groups is 1. The lowest BCUT2D eigenvalue weighted by molar-refractivity contribution is -0.0439. The zero-order chi connectivity index (χ0) is 16.8. The zero-order valence-electron chi connectivity index (χ0n) is 11.7. The molecule has 0 saturated carbocycles. The van der Waals surface area contributed by atoms with E-state index in [1.165, 1.54) is 4.57 Å². The molecular formula is C10H16N5O7P. The van der Waals surface area contributed by atoms with Crippen LogP contribution in [0, 0.1) is 0 Å². The number of aliphatic hydroxyl groups is 1. The van der Waals surface area contributed by atoms with Gasteiger partial charge in [0.05, 0.1) is 12.7 Å². The number of hydrogen-bond acceptors (Lipinski definition) is 8. The van der Waals surface area contributed by atoms with Crippen LogP contribution in [0.4, 0.5) is 5.82 Å².